The molecule has 15 heavy (non-hydrogen) atoms. The minimum atomic E-state index is -0.0912. The zero-order valence-electron chi connectivity index (χ0n) is 9.42. The minimum absolute atomic E-state index is 0.0231. The zero-order valence-corrected chi connectivity index (χ0v) is 9.42. The van der Waals surface area contributed by atoms with Gasteiger partial charge in [0.05, 0.1) is 0 Å². The van der Waals surface area contributed by atoms with Gasteiger partial charge >= 0.3 is 0 Å². The van der Waals surface area contributed by atoms with Gasteiger partial charge < -0.3 is 22.1 Å². The molecule has 6 N–H and O–H groups in total. The Morgan fingerprint density at radius 2 is 2.20 bits per heavy atom. The summed E-state index contributed by atoms with van der Waals surface area (Å²) in [6, 6.07) is -0.0912. The van der Waals surface area contributed by atoms with Crippen LogP contribution in [0.3, 0.4) is 0 Å². The number of aliphatic imine (C=N–C) groups is 1. The lowest BCUT2D eigenvalue weighted by atomic mass is 10.1. The van der Waals surface area contributed by atoms with Gasteiger partial charge in [-0.05, 0) is 12.8 Å². The summed E-state index contributed by atoms with van der Waals surface area (Å²) in [6.45, 7) is 0.727. The molecule has 0 aliphatic heterocycles. The van der Waals surface area contributed by atoms with E-state index in [1.807, 2.05) is 0 Å². The molecular weight excluding hydrogens is 194 g/mol. The van der Waals surface area contributed by atoms with Crippen LogP contribution in [0.1, 0.15) is 19.3 Å². The molecule has 0 aliphatic rings. The first-order valence-electron chi connectivity index (χ1n) is 5.02. The summed E-state index contributed by atoms with van der Waals surface area (Å²) in [7, 11) is 3.23. The van der Waals surface area contributed by atoms with E-state index in [4.69, 9.17) is 11.5 Å². The molecule has 0 saturated heterocycles. The number of hydrogen-bond donors (Lipinski definition) is 4. The Morgan fingerprint density at radius 1 is 1.53 bits per heavy atom. The van der Waals surface area contributed by atoms with Crippen molar-refractivity contribution in [3.05, 3.63) is 0 Å². The number of carbonyl (C=O) groups excluding carboxylic acids is 1. The van der Waals surface area contributed by atoms with Gasteiger partial charge in [-0.2, -0.15) is 0 Å². The monoisotopic (exact) mass is 215 g/mol. The molecule has 6 nitrogen and oxygen atoms in total. The summed E-state index contributed by atoms with van der Waals surface area (Å²) in [6.07, 6.45) is 2.03. The lowest BCUT2D eigenvalue weighted by molar-refractivity contribution is -0.120. The van der Waals surface area contributed by atoms with E-state index in [0.29, 0.717) is 12.4 Å². The molecule has 1 atom stereocenters. The average molecular weight is 215 g/mol. The smallest absolute Gasteiger partial charge is 0.221 e. The van der Waals surface area contributed by atoms with E-state index in [1.165, 1.54) is 0 Å². The molecule has 0 aliphatic carbocycles. The van der Waals surface area contributed by atoms with Crippen molar-refractivity contribution < 1.29 is 4.79 Å². The van der Waals surface area contributed by atoms with Gasteiger partial charge in [0, 0.05) is 33.1 Å². The van der Waals surface area contributed by atoms with Gasteiger partial charge in [0.2, 0.25) is 5.91 Å². The number of amides is 1. The van der Waals surface area contributed by atoms with Gasteiger partial charge in [-0.15, -0.1) is 0 Å². The molecule has 0 aromatic heterocycles. The van der Waals surface area contributed by atoms with Crippen LogP contribution < -0.4 is 22.1 Å². The standard InChI is InChI=1S/C9H21N5O/c1-12-8(15)6-7(10)4-3-5-14-9(11)13-2/h7H,3-6,10H2,1-2H3,(H,12,15)(H3,11,13,14). The van der Waals surface area contributed by atoms with Crippen molar-refractivity contribution >= 4 is 11.9 Å². The first-order valence-corrected chi connectivity index (χ1v) is 5.02. The fraction of sp³-hybridized carbons (Fsp3) is 0.778. The molecule has 1 unspecified atom stereocenters. The van der Waals surface area contributed by atoms with Crippen molar-refractivity contribution in [1.29, 1.82) is 0 Å². The van der Waals surface area contributed by atoms with Crippen molar-refractivity contribution in [2.24, 2.45) is 16.5 Å². The predicted molar refractivity (Wildman–Crippen MR) is 61.4 cm³/mol. The zero-order chi connectivity index (χ0) is 11.7. The van der Waals surface area contributed by atoms with Gasteiger partial charge in [-0.1, -0.05) is 0 Å². The van der Waals surface area contributed by atoms with E-state index < -0.39 is 0 Å². The summed E-state index contributed by atoms with van der Waals surface area (Å²) in [5.74, 6) is 0.403. The van der Waals surface area contributed by atoms with E-state index in [9.17, 15) is 4.79 Å². The second-order valence-corrected chi connectivity index (χ2v) is 3.32. The SMILES string of the molecule is CN=C(N)NCCCC(N)CC(=O)NC. The van der Waals surface area contributed by atoms with Crippen molar-refractivity contribution in [3.8, 4) is 0 Å². The molecule has 0 radical (unpaired) electrons. The molecule has 0 spiro atoms. The number of nitrogens with two attached hydrogens (primary N) is 2. The summed E-state index contributed by atoms with van der Waals surface area (Å²) in [5.41, 5.74) is 11.2. The first-order chi connectivity index (χ1) is 7.10. The normalized spacial score (nSPS) is 13.4. The predicted octanol–water partition coefficient (Wildman–Crippen LogP) is -1.24. The Kier molecular flexibility index (Phi) is 7.35. The highest BCUT2D eigenvalue weighted by Crippen LogP contribution is 1.97. The fourth-order valence-corrected chi connectivity index (χ4v) is 1.10. The number of guanidine groups is 1. The van der Waals surface area contributed by atoms with Gasteiger partial charge in [0.1, 0.15) is 0 Å². The molecule has 0 aromatic rings. The molecule has 88 valence electrons. The Morgan fingerprint density at radius 3 is 2.73 bits per heavy atom. The van der Waals surface area contributed by atoms with E-state index >= 15 is 0 Å². The first kappa shape index (κ1) is 13.7. The van der Waals surface area contributed by atoms with Crippen LogP contribution in [0.25, 0.3) is 0 Å². The van der Waals surface area contributed by atoms with Crippen molar-refractivity contribution in [2.45, 2.75) is 25.3 Å². The van der Waals surface area contributed by atoms with Crippen molar-refractivity contribution in [2.75, 3.05) is 20.6 Å². The number of nitrogens with zero attached hydrogens (tertiary/aromatic N) is 1. The van der Waals surface area contributed by atoms with Crippen LogP contribution in [0.5, 0.6) is 0 Å². The van der Waals surface area contributed by atoms with E-state index in [0.717, 1.165) is 19.4 Å². The summed E-state index contributed by atoms with van der Waals surface area (Å²) in [5, 5.41) is 5.47. The lowest BCUT2D eigenvalue weighted by Crippen LogP contribution is -2.34. The molecule has 0 bridgehead atoms. The van der Waals surface area contributed by atoms with Crippen LogP contribution in [-0.2, 0) is 4.79 Å². The maximum absolute atomic E-state index is 11.0. The highest BCUT2D eigenvalue weighted by atomic mass is 16.1. The van der Waals surface area contributed by atoms with Crippen LogP contribution in [0, 0.1) is 0 Å². The number of carbonyl (C=O) groups is 1. The topological polar surface area (TPSA) is 106 Å². The third-order valence-electron chi connectivity index (χ3n) is 2.03. The highest BCUT2D eigenvalue weighted by Gasteiger charge is 2.07. The van der Waals surface area contributed by atoms with E-state index in [1.54, 1.807) is 14.1 Å². The molecule has 0 saturated carbocycles. The van der Waals surface area contributed by atoms with Gasteiger partial charge in [0.25, 0.3) is 0 Å². The number of rotatable bonds is 6. The van der Waals surface area contributed by atoms with Crippen molar-refractivity contribution in [1.82, 2.24) is 10.6 Å². The number of hydrogen-bond acceptors (Lipinski definition) is 3. The molecule has 0 heterocycles. The minimum Gasteiger partial charge on any atom is -0.370 e. The molecule has 1 amide bonds. The largest absolute Gasteiger partial charge is 0.370 e. The Hall–Kier alpha value is -1.30. The second-order valence-electron chi connectivity index (χ2n) is 3.32. The maximum Gasteiger partial charge on any atom is 0.221 e. The van der Waals surface area contributed by atoms with Gasteiger partial charge in [-0.3, -0.25) is 9.79 Å². The quantitative estimate of drug-likeness (QED) is 0.253. The highest BCUT2D eigenvalue weighted by molar-refractivity contribution is 5.77. The third-order valence-corrected chi connectivity index (χ3v) is 2.03. The summed E-state index contributed by atoms with van der Waals surface area (Å²) < 4.78 is 0. The molecule has 0 aromatic carbocycles. The summed E-state index contributed by atoms with van der Waals surface area (Å²) >= 11 is 0. The Labute approximate surface area is 90.5 Å². The van der Waals surface area contributed by atoms with Crippen LogP contribution in [0.2, 0.25) is 0 Å². The van der Waals surface area contributed by atoms with Crippen LogP contribution >= 0.6 is 0 Å². The van der Waals surface area contributed by atoms with Crippen LogP contribution in [0.4, 0.5) is 0 Å². The third kappa shape index (κ3) is 7.75. The Bertz CT molecular complexity index is 217. The average Bonchev–Trinajstić information content (AvgIpc) is 2.23. The van der Waals surface area contributed by atoms with E-state index in [-0.39, 0.29) is 11.9 Å². The molecule has 0 rings (SSSR count). The van der Waals surface area contributed by atoms with Gasteiger partial charge in [0.15, 0.2) is 5.96 Å². The molecule has 6 heteroatoms. The number of nitrogens with one attached hydrogen (secondary N) is 2. The maximum atomic E-state index is 11.0. The Balaban J connectivity index is 3.47. The van der Waals surface area contributed by atoms with Gasteiger partial charge in [-0.25, -0.2) is 0 Å². The summed E-state index contributed by atoms with van der Waals surface area (Å²) in [4.78, 5) is 14.7. The lowest BCUT2D eigenvalue weighted by Gasteiger charge is -2.10. The van der Waals surface area contributed by atoms with Crippen molar-refractivity contribution in [3.63, 3.8) is 0 Å². The van der Waals surface area contributed by atoms with E-state index in [2.05, 4.69) is 15.6 Å². The van der Waals surface area contributed by atoms with Crippen LogP contribution in [-0.4, -0.2) is 38.5 Å². The van der Waals surface area contributed by atoms with Crippen LogP contribution in [0.15, 0.2) is 4.99 Å². The fourth-order valence-electron chi connectivity index (χ4n) is 1.10. The molecular formula is C9H21N5O. The molecule has 0 fully saturated rings. The second kappa shape index (κ2) is 8.05.